The van der Waals surface area contributed by atoms with Crippen molar-refractivity contribution in [1.29, 1.82) is 0 Å². The number of ether oxygens (including phenoxy) is 1. The SMILES string of the molecule is C=CC1=C(C)OC(C)C(=O)N1. The van der Waals surface area contributed by atoms with Gasteiger partial charge in [-0.1, -0.05) is 6.58 Å². The van der Waals surface area contributed by atoms with Gasteiger partial charge in [0.25, 0.3) is 5.91 Å². The van der Waals surface area contributed by atoms with E-state index in [0.29, 0.717) is 11.5 Å². The quantitative estimate of drug-likeness (QED) is 0.608. The van der Waals surface area contributed by atoms with Crippen molar-refractivity contribution in [3.63, 3.8) is 0 Å². The summed E-state index contributed by atoms with van der Waals surface area (Å²) in [5.41, 5.74) is 0.660. The summed E-state index contributed by atoms with van der Waals surface area (Å²) in [6.07, 6.45) is 1.18. The molecule has 1 atom stereocenters. The second-order valence-electron chi connectivity index (χ2n) is 2.42. The summed E-state index contributed by atoms with van der Waals surface area (Å²) < 4.78 is 5.20. The minimum Gasteiger partial charge on any atom is -0.483 e. The zero-order chi connectivity index (χ0) is 8.43. The highest BCUT2D eigenvalue weighted by Gasteiger charge is 2.21. The van der Waals surface area contributed by atoms with Crippen LogP contribution in [0.25, 0.3) is 0 Å². The van der Waals surface area contributed by atoms with E-state index in [-0.39, 0.29) is 5.91 Å². The average Bonchev–Trinajstić information content (AvgIpc) is 1.97. The molecule has 1 aliphatic rings. The predicted octanol–water partition coefficient (Wildman–Crippen LogP) is 0.939. The molecule has 1 N–H and O–H groups in total. The van der Waals surface area contributed by atoms with E-state index in [2.05, 4.69) is 11.9 Å². The van der Waals surface area contributed by atoms with Crippen LogP contribution in [0.5, 0.6) is 0 Å². The fraction of sp³-hybridized carbons (Fsp3) is 0.375. The van der Waals surface area contributed by atoms with Gasteiger partial charge in [0.1, 0.15) is 5.76 Å². The molecule has 0 aliphatic carbocycles. The van der Waals surface area contributed by atoms with Crippen molar-refractivity contribution in [2.45, 2.75) is 20.0 Å². The van der Waals surface area contributed by atoms with Crippen LogP contribution in [0, 0.1) is 0 Å². The second kappa shape index (κ2) is 2.78. The van der Waals surface area contributed by atoms with E-state index in [4.69, 9.17) is 4.74 Å². The van der Waals surface area contributed by atoms with Gasteiger partial charge < -0.3 is 10.1 Å². The molecule has 60 valence electrons. The van der Waals surface area contributed by atoms with E-state index in [1.807, 2.05) is 0 Å². The van der Waals surface area contributed by atoms with Gasteiger partial charge in [0, 0.05) is 0 Å². The van der Waals surface area contributed by atoms with Gasteiger partial charge in [0.05, 0.1) is 5.70 Å². The number of carbonyl (C=O) groups excluding carboxylic acids is 1. The Kier molecular flexibility index (Phi) is 1.98. The van der Waals surface area contributed by atoms with Crippen LogP contribution in [0.3, 0.4) is 0 Å². The Morgan fingerprint density at radius 3 is 2.91 bits per heavy atom. The maximum absolute atomic E-state index is 11.0. The van der Waals surface area contributed by atoms with Gasteiger partial charge in [-0.25, -0.2) is 0 Å². The molecule has 0 saturated heterocycles. The standard InChI is InChI=1S/C8H11NO2/c1-4-7-5(2)11-6(3)8(10)9-7/h4,6H,1H2,2-3H3,(H,9,10). The Balaban J connectivity index is 2.87. The molecule has 1 rings (SSSR count). The minimum absolute atomic E-state index is 0.120. The van der Waals surface area contributed by atoms with Crippen LogP contribution in [0.15, 0.2) is 24.1 Å². The van der Waals surface area contributed by atoms with Gasteiger partial charge in [0.15, 0.2) is 6.10 Å². The molecule has 0 bridgehead atoms. The summed E-state index contributed by atoms with van der Waals surface area (Å²) in [6.45, 7) is 7.05. The Morgan fingerprint density at radius 1 is 1.73 bits per heavy atom. The van der Waals surface area contributed by atoms with Gasteiger partial charge in [-0.05, 0) is 19.9 Å². The maximum atomic E-state index is 11.0. The fourth-order valence-corrected chi connectivity index (χ4v) is 0.899. The van der Waals surface area contributed by atoms with E-state index in [1.54, 1.807) is 19.9 Å². The van der Waals surface area contributed by atoms with Crippen molar-refractivity contribution in [2.75, 3.05) is 0 Å². The number of amides is 1. The number of nitrogens with one attached hydrogen (secondary N) is 1. The molecular weight excluding hydrogens is 142 g/mol. The number of rotatable bonds is 1. The lowest BCUT2D eigenvalue weighted by molar-refractivity contribution is -0.130. The van der Waals surface area contributed by atoms with Crippen LogP contribution in [-0.4, -0.2) is 12.0 Å². The van der Waals surface area contributed by atoms with E-state index >= 15 is 0 Å². The van der Waals surface area contributed by atoms with Crippen LogP contribution >= 0.6 is 0 Å². The monoisotopic (exact) mass is 153 g/mol. The summed E-state index contributed by atoms with van der Waals surface area (Å²) in [6, 6.07) is 0. The molecule has 0 saturated carbocycles. The minimum atomic E-state index is -0.390. The predicted molar refractivity (Wildman–Crippen MR) is 41.6 cm³/mol. The molecular formula is C8H11NO2. The van der Waals surface area contributed by atoms with Gasteiger partial charge in [0.2, 0.25) is 0 Å². The highest BCUT2D eigenvalue weighted by Crippen LogP contribution is 2.12. The van der Waals surface area contributed by atoms with Crippen LogP contribution in [0.2, 0.25) is 0 Å². The number of hydrogen-bond donors (Lipinski definition) is 1. The van der Waals surface area contributed by atoms with Crippen LogP contribution in [0.1, 0.15) is 13.8 Å². The van der Waals surface area contributed by atoms with Crippen molar-refractivity contribution < 1.29 is 9.53 Å². The normalized spacial score (nSPS) is 24.2. The van der Waals surface area contributed by atoms with Gasteiger partial charge in [-0.3, -0.25) is 4.79 Å². The molecule has 0 spiro atoms. The molecule has 3 heteroatoms. The molecule has 0 radical (unpaired) electrons. The Labute approximate surface area is 65.7 Å². The Morgan fingerprint density at radius 2 is 2.36 bits per heavy atom. The highest BCUT2D eigenvalue weighted by atomic mass is 16.5. The molecule has 11 heavy (non-hydrogen) atoms. The largest absolute Gasteiger partial charge is 0.483 e. The lowest BCUT2D eigenvalue weighted by atomic mass is 10.2. The first kappa shape index (κ1) is 7.85. The summed E-state index contributed by atoms with van der Waals surface area (Å²) in [4.78, 5) is 11.0. The molecule has 1 aliphatic heterocycles. The van der Waals surface area contributed by atoms with Gasteiger partial charge >= 0.3 is 0 Å². The third kappa shape index (κ3) is 1.42. The van der Waals surface area contributed by atoms with Crippen molar-refractivity contribution in [2.24, 2.45) is 0 Å². The second-order valence-corrected chi connectivity index (χ2v) is 2.42. The van der Waals surface area contributed by atoms with E-state index in [1.165, 1.54) is 0 Å². The smallest absolute Gasteiger partial charge is 0.265 e. The Bertz CT molecular complexity index is 230. The summed E-state index contributed by atoms with van der Waals surface area (Å²) in [5, 5.41) is 2.66. The zero-order valence-electron chi connectivity index (χ0n) is 6.68. The average molecular weight is 153 g/mol. The van der Waals surface area contributed by atoms with Gasteiger partial charge in [-0.2, -0.15) is 0 Å². The molecule has 1 heterocycles. The number of allylic oxidation sites excluding steroid dienone is 2. The molecule has 0 fully saturated rings. The van der Waals surface area contributed by atoms with E-state index in [0.717, 1.165) is 0 Å². The topological polar surface area (TPSA) is 38.3 Å². The van der Waals surface area contributed by atoms with Crippen molar-refractivity contribution in [3.8, 4) is 0 Å². The maximum Gasteiger partial charge on any atom is 0.265 e. The Hall–Kier alpha value is -1.25. The van der Waals surface area contributed by atoms with Crippen molar-refractivity contribution in [3.05, 3.63) is 24.1 Å². The van der Waals surface area contributed by atoms with Crippen LogP contribution < -0.4 is 5.32 Å². The highest BCUT2D eigenvalue weighted by molar-refractivity contribution is 5.83. The summed E-state index contributed by atoms with van der Waals surface area (Å²) in [5.74, 6) is 0.595. The van der Waals surface area contributed by atoms with Crippen molar-refractivity contribution >= 4 is 5.91 Å². The number of hydrogen-bond acceptors (Lipinski definition) is 2. The summed E-state index contributed by atoms with van der Waals surface area (Å²) >= 11 is 0. The third-order valence-corrected chi connectivity index (χ3v) is 1.56. The number of carbonyl (C=O) groups is 1. The first-order valence-electron chi connectivity index (χ1n) is 3.46. The van der Waals surface area contributed by atoms with Gasteiger partial charge in [-0.15, -0.1) is 0 Å². The molecule has 0 aromatic rings. The molecule has 3 nitrogen and oxygen atoms in total. The first-order chi connectivity index (χ1) is 5.15. The van der Waals surface area contributed by atoms with Crippen LogP contribution in [-0.2, 0) is 9.53 Å². The molecule has 1 unspecified atom stereocenters. The van der Waals surface area contributed by atoms with Crippen LogP contribution in [0.4, 0.5) is 0 Å². The van der Waals surface area contributed by atoms with Crippen molar-refractivity contribution in [1.82, 2.24) is 5.32 Å². The zero-order valence-corrected chi connectivity index (χ0v) is 6.68. The summed E-state index contributed by atoms with van der Waals surface area (Å²) in [7, 11) is 0. The molecule has 1 amide bonds. The lowest BCUT2D eigenvalue weighted by Crippen LogP contribution is -2.38. The lowest BCUT2D eigenvalue weighted by Gasteiger charge is -2.22. The fourth-order valence-electron chi connectivity index (χ4n) is 0.899. The van der Waals surface area contributed by atoms with E-state index < -0.39 is 6.10 Å². The third-order valence-electron chi connectivity index (χ3n) is 1.56. The molecule has 0 aromatic heterocycles. The van der Waals surface area contributed by atoms with E-state index in [9.17, 15) is 4.79 Å². The molecule has 0 aromatic carbocycles. The first-order valence-corrected chi connectivity index (χ1v) is 3.46.